The second-order valence-electron chi connectivity index (χ2n) is 13.7. The van der Waals surface area contributed by atoms with Crippen LogP contribution in [0.5, 0.6) is 11.8 Å². The molecule has 0 radical (unpaired) electrons. The number of fused-ring (bicyclic) bond motifs is 5. The van der Waals surface area contributed by atoms with Crippen LogP contribution in [0.2, 0.25) is 0 Å². The van der Waals surface area contributed by atoms with Gasteiger partial charge in [0.1, 0.15) is 41.4 Å². The van der Waals surface area contributed by atoms with Gasteiger partial charge in [0, 0.05) is 62.3 Å². The number of hydrogen-bond donors (Lipinski definition) is 2. The zero-order valence-electron chi connectivity index (χ0n) is 27.1. The molecular weight excluding hydrogens is 635 g/mol. The van der Waals surface area contributed by atoms with Crippen LogP contribution in [0.25, 0.3) is 32.9 Å². The number of phenolic OH excluding ortho intramolecular Hbond substituents is 1. The zero-order chi connectivity index (χ0) is 34.0. The van der Waals surface area contributed by atoms with Gasteiger partial charge in [-0.05, 0) is 55.8 Å². The molecule has 13 heteroatoms. The molecule has 4 aromatic rings. The Labute approximate surface area is 281 Å². The summed E-state index contributed by atoms with van der Waals surface area (Å²) in [6.07, 6.45) is 10.1. The van der Waals surface area contributed by atoms with Gasteiger partial charge in [-0.3, -0.25) is 19.6 Å². The highest BCUT2D eigenvalue weighted by molar-refractivity contribution is 6.03. The first kappa shape index (κ1) is 31.6. The monoisotopic (exact) mass is 671 g/mol. The Balaban J connectivity index is 1.24. The number of ether oxygens (including phenoxy) is 1. The van der Waals surface area contributed by atoms with E-state index in [1.165, 1.54) is 30.5 Å². The summed E-state index contributed by atoms with van der Waals surface area (Å²) in [7, 11) is 1.62. The summed E-state index contributed by atoms with van der Waals surface area (Å²) < 4.78 is 52.6. The molecule has 2 aromatic heterocycles. The van der Waals surface area contributed by atoms with Gasteiger partial charge in [0.25, 0.3) is 0 Å². The fourth-order valence-electron chi connectivity index (χ4n) is 8.58. The first-order valence-corrected chi connectivity index (χ1v) is 16.7. The number of hydrogen-bond acceptors (Lipinski definition) is 9. The molecule has 6 heterocycles. The molecule has 4 aliphatic heterocycles. The Morgan fingerprint density at radius 1 is 1.18 bits per heavy atom. The van der Waals surface area contributed by atoms with Gasteiger partial charge in [-0.15, -0.1) is 6.42 Å². The van der Waals surface area contributed by atoms with Crippen LogP contribution in [0, 0.1) is 24.0 Å². The minimum Gasteiger partial charge on any atom is -0.508 e. The second-order valence-corrected chi connectivity index (χ2v) is 13.7. The van der Waals surface area contributed by atoms with Gasteiger partial charge in [0.05, 0.1) is 23.0 Å². The number of likely N-dealkylation sites (N-methyl/N-ethyl adjacent to an activating group) is 1. The van der Waals surface area contributed by atoms with E-state index in [-0.39, 0.29) is 64.1 Å². The van der Waals surface area contributed by atoms with E-state index in [0.717, 1.165) is 32.2 Å². The van der Waals surface area contributed by atoms with E-state index in [2.05, 4.69) is 35.9 Å². The number of aromatic hydroxyl groups is 1. The highest BCUT2D eigenvalue weighted by Crippen LogP contribution is 2.42. The lowest BCUT2D eigenvalue weighted by molar-refractivity contribution is -0.122. The average Bonchev–Trinajstić information content (AvgIpc) is 3.68. The van der Waals surface area contributed by atoms with Crippen LogP contribution in [-0.4, -0.2) is 106 Å². The molecule has 0 spiro atoms. The molecule has 0 saturated carbocycles. The van der Waals surface area contributed by atoms with E-state index in [4.69, 9.17) is 16.1 Å². The summed E-state index contributed by atoms with van der Waals surface area (Å²) in [5.41, 5.74) is -0.658. The molecule has 4 atom stereocenters. The van der Waals surface area contributed by atoms with E-state index in [1.807, 2.05) is 0 Å². The Hall–Kier alpha value is -4.67. The van der Waals surface area contributed by atoms with Gasteiger partial charge in [-0.25, -0.2) is 13.2 Å². The van der Waals surface area contributed by atoms with Gasteiger partial charge < -0.3 is 20.1 Å². The molecule has 8 rings (SSSR count). The molecule has 4 saturated heterocycles. The molecule has 254 valence electrons. The summed E-state index contributed by atoms with van der Waals surface area (Å²) in [4.78, 5) is 32.6. The Kier molecular flexibility index (Phi) is 7.76. The summed E-state index contributed by atoms with van der Waals surface area (Å²) in [5, 5.41) is 14.3. The maximum absolute atomic E-state index is 16.9. The topological polar surface area (TPSA) is 107 Å². The van der Waals surface area contributed by atoms with Crippen LogP contribution in [0.4, 0.5) is 19.0 Å². The van der Waals surface area contributed by atoms with Crippen LogP contribution in [-0.2, 0) is 4.79 Å². The molecule has 2 bridgehead atoms. The maximum Gasteiger partial charge on any atom is 0.319 e. The summed E-state index contributed by atoms with van der Waals surface area (Å²) in [6, 6.07) is 5.54. The van der Waals surface area contributed by atoms with Crippen molar-refractivity contribution in [1.29, 1.82) is 0 Å². The first-order valence-electron chi connectivity index (χ1n) is 16.7. The number of anilines is 1. The van der Waals surface area contributed by atoms with Crippen molar-refractivity contribution in [3.05, 3.63) is 47.7 Å². The van der Waals surface area contributed by atoms with Gasteiger partial charge >= 0.3 is 6.01 Å². The zero-order valence-corrected chi connectivity index (χ0v) is 27.1. The third-order valence-corrected chi connectivity index (χ3v) is 10.9. The Bertz CT molecular complexity index is 2030. The predicted octanol–water partition coefficient (Wildman–Crippen LogP) is 4.16. The van der Waals surface area contributed by atoms with Crippen LogP contribution < -0.4 is 15.0 Å². The first-order chi connectivity index (χ1) is 23.7. The molecule has 2 aromatic carbocycles. The highest BCUT2D eigenvalue weighted by Gasteiger charge is 2.49. The number of carbonyl (C=O) groups excluding carboxylic acids is 1. The predicted molar refractivity (Wildman–Crippen MR) is 178 cm³/mol. The molecule has 10 nitrogen and oxygen atoms in total. The third kappa shape index (κ3) is 5.29. The van der Waals surface area contributed by atoms with Crippen LogP contribution in [0.1, 0.15) is 37.7 Å². The number of alkyl halides is 1. The lowest BCUT2D eigenvalue weighted by Crippen LogP contribution is -2.56. The lowest BCUT2D eigenvalue weighted by atomic mass is 9.95. The minimum atomic E-state index is -0.945. The third-order valence-electron chi connectivity index (χ3n) is 10.9. The fraction of sp³-hybridized carbons (Fsp3) is 0.444. The number of nitrogens with zero attached hydrogens (tertiary/aromatic N) is 6. The quantitative estimate of drug-likeness (QED) is 0.280. The van der Waals surface area contributed by atoms with E-state index in [0.29, 0.717) is 49.2 Å². The van der Waals surface area contributed by atoms with E-state index in [9.17, 15) is 18.7 Å². The number of amides is 1. The Morgan fingerprint density at radius 3 is 2.73 bits per heavy atom. The van der Waals surface area contributed by atoms with Crippen molar-refractivity contribution in [2.24, 2.45) is 0 Å². The smallest absolute Gasteiger partial charge is 0.319 e. The number of benzene rings is 2. The number of piperazine rings is 1. The van der Waals surface area contributed by atoms with Crippen molar-refractivity contribution >= 4 is 33.4 Å². The summed E-state index contributed by atoms with van der Waals surface area (Å²) in [6.45, 7) is 2.70. The number of nitrogens with one attached hydrogen (secondary N) is 1. The number of halogens is 3. The number of terminal acetylenes is 1. The molecule has 2 N–H and O–H groups in total. The van der Waals surface area contributed by atoms with E-state index >= 15 is 4.39 Å². The molecule has 4 fully saturated rings. The summed E-state index contributed by atoms with van der Waals surface area (Å²) in [5.74, 6) is 1.12. The number of rotatable bonds is 7. The summed E-state index contributed by atoms with van der Waals surface area (Å²) >= 11 is 0. The van der Waals surface area contributed by atoms with Crippen LogP contribution >= 0.6 is 0 Å². The van der Waals surface area contributed by atoms with Crippen molar-refractivity contribution < 1.29 is 27.8 Å². The molecule has 4 aliphatic rings. The molecule has 2 unspecified atom stereocenters. The van der Waals surface area contributed by atoms with Gasteiger partial charge in [-0.1, -0.05) is 12.0 Å². The average molecular weight is 672 g/mol. The van der Waals surface area contributed by atoms with Gasteiger partial charge in [-0.2, -0.15) is 9.97 Å². The molecule has 0 aliphatic carbocycles. The molecular formula is C36H36F3N7O3. The number of phenols is 1. The van der Waals surface area contributed by atoms with Crippen molar-refractivity contribution in [2.45, 2.75) is 55.9 Å². The Morgan fingerprint density at radius 2 is 1.98 bits per heavy atom. The van der Waals surface area contributed by atoms with Crippen molar-refractivity contribution in [2.75, 3.05) is 51.3 Å². The lowest BCUT2D eigenvalue weighted by Gasteiger charge is -2.41. The highest BCUT2D eigenvalue weighted by atomic mass is 19.1. The second kappa shape index (κ2) is 12.0. The van der Waals surface area contributed by atoms with Gasteiger partial charge in [0.15, 0.2) is 5.82 Å². The normalized spacial score (nSPS) is 25.2. The van der Waals surface area contributed by atoms with Crippen LogP contribution in [0.15, 0.2) is 30.5 Å². The molecule has 1 amide bonds. The fourth-order valence-corrected chi connectivity index (χ4v) is 8.58. The standard InChI is InChI=1S/C36H36F3N7O3/c1-3-25-28(38)8-5-20-11-24(47)12-26(30(20)25)32-31(39)33-27(14-41-32)34(44-16-22-6-7-23(17-44)46(22)18-29(48)40-2)43-35(42-33)49-19-36-9-4-10-45(36)15-21(37)13-36/h1,5,8,11-12,14,21-23,47H,4,6-7,9-10,13,15-19H2,2H3,(H,40,48)/t21-,22?,23?,36+/m1/s1. The van der Waals surface area contributed by atoms with Gasteiger partial charge in [0.2, 0.25) is 5.91 Å². The SMILES string of the molecule is C#Cc1c(F)ccc2cc(O)cc(-c3ncc4c(N5CC6CCC(C5)N6CC(=O)NC)nc(OC[C@@]56CCCN5C[C@H](F)C6)nc4c3F)c12. The van der Waals surface area contributed by atoms with Crippen LogP contribution in [0.3, 0.4) is 0 Å². The van der Waals surface area contributed by atoms with Crippen molar-refractivity contribution in [1.82, 2.24) is 30.1 Å². The number of pyridine rings is 1. The van der Waals surface area contributed by atoms with Crippen molar-refractivity contribution in [3.8, 4) is 35.4 Å². The maximum atomic E-state index is 16.9. The van der Waals surface area contributed by atoms with Crippen molar-refractivity contribution in [3.63, 3.8) is 0 Å². The van der Waals surface area contributed by atoms with E-state index in [1.54, 1.807) is 7.05 Å². The minimum absolute atomic E-state index is 0.0432. The largest absolute Gasteiger partial charge is 0.508 e. The number of aromatic nitrogens is 3. The number of carbonyl (C=O) groups is 1. The molecule has 49 heavy (non-hydrogen) atoms. The van der Waals surface area contributed by atoms with E-state index < -0.39 is 23.3 Å².